The number of rotatable bonds is 4. The van der Waals surface area contributed by atoms with Crippen molar-refractivity contribution in [1.82, 2.24) is 19.1 Å². The van der Waals surface area contributed by atoms with E-state index >= 15 is 0 Å². The monoisotopic (exact) mass is 662 g/mol. The molecule has 0 radical (unpaired) electrons. The Kier molecular flexibility index (Phi) is 6.22. The quantitative estimate of drug-likeness (QED) is 0.176. The van der Waals surface area contributed by atoms with Crippen LogP contribution in [0.15, 0.2) is 182 Å². The van der Waals surface area contributed by atoms with Crippen LogP contribution in [0.5, 0.6) is 0 Å². The fourth-order valence-electron chi connectivity index (χ4n) is 8.24. The van der Waals surface area contributed by atoms with E-state index in [-0.39, 0.29) is 0 Å². The van der Waals surface area contributed by atoms with Gasteiger partial charge in [0.25, 0.3) is 0 Å². The van der Waals surface area contributed by atoms with Gasteiger partial charge in [0.2, 0.25) is 5.95 Å². The van der Waals surface area contributed by atoms with Crippen LogP contribution in [-0.4, -0.2) is 19.1 Å². The zero-order chi connectivity index (χ0) is 34.2. The third-order valence-electron chi connectivity index (χ3n) is 10.5. The lowest BCUT2D eigenvalue weighted by atomic mass is 9.98. The van der Waals surface area contributed by atoms with Crippen molar-refractivity contribution < 1.29 is 0 Å². The zero-order valence-corrected chi connectivity index (χ0v) is 28.1. The molecule has 0 aliphatic heterocycles. The SMILES string of the molecule is c1ccc(-c2nc(-n3c4ccccc4c4c(-c5ccc6c(c5)c5ccccc5n6-c5ccccc5)cccc43)nc3c2ccc2ccccc23)cc1. The maximum atomic E-state index is 5.39. The van der Waals surface area contributed by atoms with Crippen molar-refractivity contribution in [3.8, 4) is 34.0 Å². The van der Waals surface area contributed by atoms with Gasteiger partial charge in [-0.3, -0.25) is 4.57 Å². The number of fused-ring (bicyclic) bond motifs is 9. The van der Waals surface area contributed by atoms with Gasteiger partial charge in [-0.1, -0.05) is 133 Å². The lowest BCUT2D eigenvalue weighted by molar-refractivity contribution is 1.02. The molecule has 0 fully saturated rings. The maximum Gasteiger partial charge on any atom is 0.235 e. The largest absolute Gasteiger partial charge is 0.309 e. The van der Waals surface area contributed by atoms with Crippen LogP contribution in [0.1, 0.15) is 0 Å². The molecule has 0 aliphatic rings. The average molecular weight is 663 g/mol. The molecule has 0 saturated carbocycles. The standard InChI is InChI=1S/C48H30N4/c1-3-15-32(16-4-1)46-39-28-26-31-14-7-8-19-36(31)47(39)50-48(49-46)52-42-24-12-10-21-38(42)45-35(22-13-25-44(45)52)33-27-29-43-40(30-33)37-20-9-11-23-41(37)51(43)34-17-5-2-6-18-34/h1-30H. The van der Waals surface area contributed by atoms with E-state index in [9.17, 15) is 0 Å². The molecule has 3 aromatic heterocycles. The predicted octanol–water partition coefficient (Wildman–Crippen LogP) is 12.3. The third kappa shape index (κ3) is 4.21. The molecule has 3 heterocycles. The minimum Gasteiger partial charge on any atom is -0.309 e. The molecular weight excluding hydrogens is 633 g/mol. The summed E-state index contributed by atoms with van der Waals surface area (Å²) in [6.07, 6.45) is 0. The number of hydrogen-bond acceptors (Lipinski definition) is 2. The Hall–Kier alpha value is -7.04. The second-order valence-corrected chi connectivity index (χ2v) is 13.4. The van der Waals surface area contributed by atoms with Crippen LogP contribution >= 0.6 is 0 Å². The summed E-state index contributed by atoms with van der Waals surface area (Å²) in [5, 5.41) is 8.14. The Morgan fingerprint density at radius 1 is 0.365 bits per heavy atom. The Morgan fingerprint density at radius 2 is 1.02 bits per heavy atom. The summed E-state index contributed by atoms with van der Waals surface area (Å²) in [6, 6.07) is 64.8. The molecule has 0 bridgehead atoms. The predicted molar refractivity (Wildman–Crippen MR) is 217 cm³/mol. The number of nitrogens with zero attached hydrogens (tertiary/aromatic N) is 4. The van der Waals surface area contributed by atoms with E-state index in [1.807, 2.05) is 0 Å². The van der Waals surface area contributed by atoms with Crippen LogP contribution in [0.25, 0.3) is 99.3 Å². The van der Waals surface area contributed by atoms with Gasteiger partial charge < -0.3 is 4.57 Å². The molecule has 52 heavy (non-hydrogen) atoms. The maximum absolute atomic E-state index is 5.39. The summed E-state index contributed by atoms with van der Waals surface area (Å²) in [4.78, 5) is 10.8. The van der Waals surface area contributed by atoms with E-state index in [2.05, 4.69) is 191 Å². The molecule has 4 heteroatoms. The first-order chi connectivity index (χ1) is 25.8. The van der Waals surface area contributed by atoms with Crippen molar-refractivity contribution in [2.75, 3.05) is 0 Å². The zero-order valence-electron chi connectivity index (χ0n) is 28.1. The highest BCUT2D eigenvalue weighted by Gasteiger charge is 2.21. The van der Waals surface area contributed by atoms with E-state index in [0.717, 1.165) is 49.7 Å². The fourth-order valence-corrected chi connectivity index (χ4v) is 8.24. The van der Waals surface area contributed by atoms with Gasteiger partial charge in [0.1, 0.15) is 0 Å². The number of aromatic nitrogens is 4. The highest BCUT2D eigenvalue weighted by Crippen LogP contribution is 2.41. The van der Waals surface area contributed by atoms with Gasteiger partial charge in [0.05, 0.1) is 33.3 Å². The molecule has 4 nitrogen and oxygen atoms in total. The highest BCUT2D eigenvalue weighted by molar-refractivity contribution is 6.17. The molecule has 11 aromatic rings. The normalized spacial score (nSPS) is 11.8. The van der Waals surface area contributed by atoms with Gasteiger partial charge in [-0.15, -0.1) is 0 Å². The summed E-state index contributed by atoms with van der Waals surface area (Å²) in [6.45, 7) is 0. The van der Waals surface area contributed by atoms with Gasteiger partial charge in [-0.2, -0.15) is 0 Å². The van der Waals surface area contributed by atoms with E-state index in [0.29, 0.717) is 5.95 Å². The summed E-state index contributed by atoms with van der Waals surface area (Å²) in [5.41, 5.74) is 11.0. The number of benzene rings is 8. The highest BCUT2D eigenvalue weighted by atomic mass is 15.2. The number of hydrogen-bond donors (Lipinski definition) is 0. The smallest absolute Gasteiger partial charge is 0.235 e. The molecule has 242 valence electrons. The minimum atomic E-state index is 0.660. The summed E-state index contributed by atoms with van der Waals surface area (Å²) in [5.74, 6) is 0.660. The Labute approximate surface area is 299 Å². The first-order valence-corrected chi connectivity index (χ1v) is 17.7. The van der Waals surface area contributed by atoms with Crippen molar-refractivity contribution >= 4 is 65.3 Å². The van der Waals surface area contributed by atoms with Crippen LogP contribution < -0.4 is 0 Å². The fraction of sp³-hybridized carbons (Fsp3) is 0. The van der Waals surface area contributed by atoms with Crippen LogP contribution in [0.4, 0.5) is 0 Å². The first-order valence-electron chi connectivity index (χ1n) is 17.7. The van der Waals surface area contributed by atoms with Gasteiger partial charge in [-0.25, -0.2) is 9.97 Å². The van der Waals surface area contributed by atoms with Crippen LogP contribution in [-0.2, 0) is 0 Å². The van der Waals surface area contributed by atoms with E-state index < -0.39 is 0 Å². The van der Waals surface area contributed by atoms with Gasteiger partial charge in [0.15, 0.2) is 0 Å². The lowest BCUT2D eigenvalue weighted by Crippen LogP contribution is -2.03. The summed E-state index contributed by atoms with van der Waals surface area (Å²) < 4.78 is 4.62. The number of para-hydroxylation sites is 3. The van der Waals surface area contributed by atoms with Gasteiger partial charge in [0, 0.05) is 43.6 Å². The Morgan fingerprint density at radius 3 is 1.85 bits per heavy atom. The first kappa shape index (κ1) is 28.8. The molecular formula is C48H30N4. The van der Waals surface area contributed by atoms with Gasteiger partial charge >= 0.3 is 0 Å². The molecule has 0 N–H and O–H groups in total. The van der Waals surface area contributed by atoms with Crippen molar-refractivity contribution in [1.29, 1.82) is 0 Å². The summed E-state index contributed by atoms with van der Waals surface area (Å²) in [7, 11) is 0. The lowest BCUT2D eigenvalue weighted by Gasteiger charge is -2.13. The molecule has 0 aliphatic carbocycles. The Bertz CT molecular complexity index is 3170. The van der Waals surface area contributed by atoms with Crippen molar-refractivity contribution in [2.45, 2.75) is 0 Å². The molecule has 0 unspecified atom stereocenters. The van der Waals surface area contributed by atoms with Crippen molar-refractivity contribution in [2.24, 2.45) is 0 Å². The second-order valence-electron chi connectivity index (χ2n) is 13.4. The molecule has 8 aromatic carbocycles. The topological polar surface area (TPSA) is 35.6 Å². The molecule has 0 atom stereocenters. The van der Waals surface area contributed by atoms with E-state index in [4.69, 9.17) is 9.97 Å². The van der Waals surface area contributed by atoms with E-state index in [1.165, 1.54) is 43.7 Å². The molecule has 0 spiro atoms. The van der Waals surface area contributed by atoms with Crippen LogP contribution in [0.2, 0.25) is 0 Å². The molecule has 0 saturated heterocycles. The molecule has 0 amide bonds. The van der Waals surface area contributed by atoms with Crippen molar-refractivity contribution in [3.63, 3.8) is 0 Å². The second kappa shape index (κ2) is 11.2. The summed E-state index contributed by atoms with van der Waals surface area (Å²) >= 11 is 0. The van der Waals surface area contributed by atoms with Gasteiger partial charge in [-0.05, 0) is 65.0 Å². The van der Waals surface area contributed by atoms with E-state index in [1.54, 1.807) is 0 Å². The Balaban J connectivity index is 1.20. The van der Waals surface area contributed by atoms with Crippen molar-refractivity contribution in [3.05, 3.63) is 182 Å². The minimum absolute atomic E-state index is 0.660. The third-order valence-corrected chi connectivity index (χ3v) is 10.5. The van der Waals surface area contributed by atoms with Crippen LogP contribution in [0, 0.1) is 0 Å². The van der Waals surface area contributed by atoms with Crippen LogP contribution in [0.3, 0.4) is 0 Å². The molecule has 11 rings (SSSR count). The average Bonchev–Trinajstić information content (AvgIpc) is 3.74.